The molecule has 2 N–H and O–H groups in total. The van der Waals surface area contributed by atoms with Gasteiger partial charge in [0, 0.05) is 33.9 Å². The van der Waals surface area contributed by atoms with Gasteiger partial charge in [-0.2, -0.15) is 0 Å². The quantitative estimate of drug-likeness (QED) is 0.480. The van der Waals surface area contributed by atoms with Crippen LogP contribution in [0.2, 0.25) is 5.02 Å². The molecule has 0 aliphatic heterocycles. The highest BCUT2D eigenvalue weighted by Crippen LogP contribution is 2.30. The molecule has 4 aromatic rings. The summed E-state index contributed by atoms with van der Waals surface area (Å²) < 4.78 is 13.6. The van der Waals surface area contributed by atoms with Crippen LogP contribution in [0, 0.1) is 5.82 Å². The van der Waals surface area contributed by atoms with E-state index in [0.29, 0.717) is 17.6 Å². The molecule has 132 valence electrons. The molecule has 0 atom stereocenters. The third-order valence-electron chi connectivity index (χ3n) is 4.19. The second-order valence-corrected chi connectivity index (χ2v) is 6.27. The average Bonchev–Trinajstić information content (AvgIpc) is 2.97. The standard InChI is InChI=1S/C20H14ClFN2O.ClH/c21-16-9-15-14-7-6-12(8-18(14)24-19(15)10-17(16)22)11-23-20(25)13-4-2-1-3-5-13;/h1-10,24H,11H2,(H,23,25);1H. The Morgan fingerprint density at radius 2 is 1.73 bits per heavy atom. The topological polar surface area (TPSA) is 44.9 Å². The van der Waals surface area contributed by atoms with Gasteiger partial charge in [0.05, 0.1) is 5.02 Å². The summed E-state index contributed by atoms with van der Waals surface area (Å²) in [5.41, 5.74) is 3.15. The maximum Gasteiger partial charge on any atom is 0.251 e. The van der Waals surface area contributed by atoms with Gasteiger partial charge in [0.2, 0.25) is 0 Å². The number of aromatic nitrogens is 1. The fourth-order valence-corrected chi connectivity index (χ4v) is 3.10. The Morgan fingerprint density at radius 3 is 2.50 bits per heavy atom. The molecule has 0 bridgehead atoms. The van der Waals surface area contributed by atoms with E-state index in [0.717, 1.165) is 21.9 Å². The predicted molar refractivity (Wildman–Crippen MR) is 106 cm³/mol. The van der Waals surface area contributed by atoms with Crippen LogP contribution < -0.4 is 5.32 Å². The number of rotatable bonds is 3. The van der Waals surface area contributed by atoms with Crippen LogP contribution in [0.25, 0.3) is 21.8 Å². The van der Waals surface area contributed by atoms with Gasteiger partial charge in [0.25, 0.3) is 5.91 Å². The first-order valence-electron chi connectivity index (χ1n) is 7.84. The summed E-state index contributed by atoms with van der Waals surface area (Å²) in [5.74, 6) is -0.567. The van der Waals surface area contributed by atoms with E-state index >= 15 is 0 Å². The molecule has 0 aliphatic rings. The Labute approximate surface area is 160 Å². The lowest BCUT2D eigenvalue weighted by atomic mass is 10.1. The number of H-pyrrole nitrogens is 1. The number of carbonyl (C=O) groups is 1. The highest BCUT2D eigenvalue weighted by atomic mass is 35.5. The van der Waals surface area contributed by atoms with Crippen molar-refractivity contribution in [3.05, 3.63) is 82.6 Å². The molecular weight excluding hydrogens is 374 g/mol. The number of hydrogen-bond acceptors (Lipinski definition) is 1. The van der Waals surface area contributed by atoms with Crippen LogP contribution in [-0.4, -0.2) is 10.9 Å². The van der Waals surface area contributed by atoms with E-state index in [4.69, 9.17) is 11.6 Å². The monoisotopic (exact) mass is 388 g/mol. The van der Waals surface area contributed by atoms with Crippen molar-refractivity contribution in [2.75, 3.05) is 0 Å². The van der Waals surface area contributed by atoms with Crippen LogP contribution >= 0.6 is 24.0 Å². The Morgan fingerprint density at radius 1 is 1.00 bits per heavy atom. The summed E-state index contributed by atoms with van der Waals surface area (Å²) in [6, 6.07) is 17.9. The Balaban J connectivity index is 0.00000196. The molecule has 0 saturated carbocycles. The number of hydrogen-bond donors (Lipinski definition) is 2. The molecular formula is C20H15Cl2FN2O. The van der Waals surface area contributed by atoms with Crippen LogP contribution in [0.15, 0.2) is 60.7 Å². The number of aromatic amines is 1. The lowest BCUT2D eigenvalue weighted by Gasteiger charge is -2.05. The fourth-order valence-electron chi connectivity index (χ4n) is 2.93. The van der Waals surface area contributed by atoms with E-state index in [9.17, 15) is 9.18 Å². The number of benzene rings is 3. The zero-order valence-electron chi connectivity index (χ0n) is 13.6. The number of fused-ring (bicyclic) bond motifs is 3. The molecule has 0 saturated heterocycles. The van der Waals surface area contributed by atoms with Gasteiger partial charge in [-0.15, -0.1) is 12.4 Å². The van der Waals surface area contributed by atoms with Gasteiger partial charge < -0.3 is 10.3 Å². The van der Waals surface area contributed by atoms with Gasteiger partial charge in [0.1, 0.15) is 5.82 Å². The number of amides is 1. The Kier molecular flexibility index (Phi) is 5.16. The summed E-state index contributed by atoms with van der Waals surface area (Å²) in [6.45, 7) is 0.411. The van der Waals surface area contributed by atoms with Crippen LogP contribution in [0.5, 0.6) is 0 Å². The van der Waals surface area contributed by atoms with Crippen LogP contribution in [0.3, 0.4) is 0 Å². The summed E-state index contributed by atoms with van der Waals surface area (Å²) in [7, 11) is 0. The highest BCUT2D eigenvalue weighted by molar-refractivity contribution is 6.32. The molecule has 1 heterocycles. The largest absolute Gasteiger partial charge is 0.354 e. The zero-order chi connectivity index (χ0) is 17.4. The van der Waals surface area contributed by atoms with Gasteiger partial charge in [-0.1, -0.05) is 41.9 Å². The number of carbonyl (C=O) groups excluding carboxylic acids is 1. The minimum atomic E-state index is -0.448. The summed E-state index contributed by atoms with van der Waals surface area (Å²) in [4.78, 5) is 15.3. The maximum atomic E-state index is 13.6. The molecule has 3 aromatic carbocycles. The van der Waals surface area contributed by atoms with Crippen LogP contribution in [0.4, 0.5) is 4.39 Å². The molecule has 1 amide bonds. The Bertz CT molecular complexity index is 1090. The smallest absolute Gasteiger partial charge is 0.251 e. The molecule has 3 nitrogen and oxygen atoms in total. The normalized spacial score (nSPS) is 10.7. The third-order valence-corrected chi connectivity index (χ3v) is 4.48. The van der Waals surface area contributed by atoms with Gasteiger partial charge in [-0.05, 0) is 35.9 Å². The minimum Gasteiger partial charge on any atom is -0.354 e. The van der Waals surface area contributed by atoms with E-state index in [1.165, 1.54) is 6.07 Å². The van der Waals surface area contributed by atoms with E-state index in [2.05, 4.69) is 10.3 Å². The van der Waals surface area contributed by atoms with Crippen LogP contribution in [-0.2, 0) is 6.54 Å². The van der Waals surface area contributed by atoms with E-state index in [-0.39, 0.29) is 23.3 Å². The molecule has 0 radical (unpaired) electrons. The van der Waals surface area contributed by atoms with Gasteiger partial charge in [0.15, 0.2) is 0 Å². The third kappa shape index (κ3) is 3.39. The molecule has 0 unspecified atom stereocenters. The van der Waals surface area contributed by atoms with Crippen molar-refractivity contribution >= 4 is 51.7 Å². The molecule has 6 heteroatoms. The van der Waals surface area contributed by atoms with Crippen LogP contribution in [0.1, 0.15) is 15.9 Å². The minimum absolute atomic E-state index is 0. The molecule has 0 fully saturated rings. The lowest BCUT2D eigenvalue weighted by molar-refractivity contribution is 0.0951. The van der Waals surface area contributed by atoms with Gasteiger partial charge in [-0.3, -0.25) is 4.79 Å². The van der Waals surface area contributed by atoms with Crippen molar-refractivity contribution in [2.24, 2.45) is 0 Å². The maximum absolute atomic E-state index is 13.6. The van der Waals surface area contributed by atoms with Crippen molar-refractivity contribution in [2.45, 2.75) is 6.54 Å². The second kappa shape index (κ2) is 7.36. The SMILES string of the molecule is Cl.O=C(NCc1ccc2c(c1)[nH]c1cc(F)c(Cl)cc12)c1ccccc1. The Hall–Kier alpha value is -2.56. The zero-order valence-corrected chi connectivity index (χ0v) is 15.1. The summed E-state index contributed by atoms with van der Waals surface area (Å²) in [5, 5.41) is 4.85. The molecule has 0 spiro atoms. The summed E-state index contributed by atoms with van der Waals surface area (Å²) >= 11 is 5.88. The highest BCUT2D eigenvalue weighted by Gasteiger charge is 2.10. The van der Waals surface area contributed by atoms with Crippen molar-refractivity contribution < 1.29 is 9.18 Å². The van der Waals surface area contributed by atoms with E-state index in [1.54, 1.807) is 18.2 Å². The molecule has 4 rings (SSSR count). The molecule has 1 aromatic heterocycles. The number of nitrogens with one attached hydrogen (secondary N) is 2. The van der Waals surface area contributed by atoms with Crippen molar-refractivity contribution in [3.8, 4) is 0 Å². The van der Waals surface area contributed by atoms with E-state index < -0.39 is 5.82 Å². The van der Waals surface area contributed by atoms with Crippen molar-refractivity contribution in [1.82, 2.24) is 10.3 Å². The van der Waals surface area contributed by atoms with Gasteiger partial charge in [-0.25, -0.2) is 4.39 Å². The first-order valence-corrected chi connectivity index (χ1v) is 8.22. The number of halogens is 3. The summed E-state index contributed by atoms with van der Waals surface area (Å²) in [6.07, 6.45) is 0. The fraction of sp³-hybridized carbons (Fsp3) is 0.0500. The average molecular weight is 389 g/mol. The molecule has 26 heavy (non-hydrogen) atoms. The lowest BCUT2D eigenvalue weighted by Crippen LogP contribution is -2.22. The van der Waals surface area contributed by atoms with E-state index in [1.807, 2.05) is 36.4 Å². The first kappa shape index (κ1) is 18.2. The van der Waals surface area contributed by atoms with Crippen molar-refractivity contribution in [1.29, 1.82) is 0 Å². The van der Waals surface area contributed by atoms with Gasteiger partial charge >= 0.3 is 0 Å². The first-order chi connectivity index (χ1) is 12.1. The predicted octanol–water partition coefficient (Wildman–Crippen LogP) is 5.47. The second-order valence-electron chi connectivity index (χ2n) is 5.87. The van der Waals surface area contributed by atoms with Crippen molar-refractivity contribution in [3.63, 3.8) is 0 Å². The molecule has 0 aliphatic carbocycles.